The van der Waals surface area contributed by atoms with Gasteiger partial charge >= 0.3 is 5.97 Å². The molecule has 0 aliphatic heterocycles. The van der Waals surface area contributed by atoms with Crippen molar-refractivity contribution in [3.05, 3.63) is 102 Å². The van der Waals surface area contributed by atoms with Gasteiger partial charge in [0, 0.05) is 25.1 Å². The standard InChI is InChI=1S/C25H23N7O2/c33-23(34)12-20-4-1-2-5-21(20)13-26-24-22-16-32(30-25(22)28-17-27-24)15-19-8-6-18(7-9-19)14-31-11-3-10-29-31/h1-11,16-17H,12-15H2,(H,33,34)(H,26,27,28,30). The van der Waals surface area contributed by atoms with Crippen molar-refractivity contribution in [1.82, 2.24) is 29.5 Å². The first-order chi connectivity index (χ1) is 16.6. The van der Waals surface area contributed by atoms with Crippen LogP contribution in [0.1, 0.15) is 22.3 Å². The molecule has 0 saturated heterocycles. The number of carbonyl (C=O) groups is 1. The zero-order valence-electron chi connectivity index (χ0n) is 18.4. The van der Waals surface area contributed by atoms with E-state index in [4.69, 9.17) is 5.11 Å². The first-order valence-corrected chi connectivity index (χ1v) is 10.9. The van der Waals surface area contributed by atoms with E-state index in [2.05, 4.69) is 49.7 Å². The van der Waals surface area contributed by atoms with E-state index in [1.165, 1.54) is 11.9 Å². The molecular formula is C25H23N7O2. The molecule has 0 aliphatic carbocycles. The maximum Gasteiger partial charge on any atom is 0.307 e. The Hall–Kier alpha value is -4.53. The molecule has 3 aromatic heterocycles. The van der Waals surface area contributed by atoms with Gasteiger partial charge < -0.3 is 10.4 Å². The van der Waals surface area contributed by atoms with Crippen molar-refractivity contribution >= 4 is 22.8 Å². The number of nitrogens with one attached hydrogen (secondary N) is 1. The molecule has 3 heterocycles. The quantitative estimate of drug-likeness (QED) is 0.352. The van der Waals surface area contributed by atoms with E-state index >= 15 is 0 Å². The molecular weight excluding hydrogens is 430 g/mol. The van der Waals surface area contributed by atoms with E-state index in [9.17, 15) is 4.79 Å². The average molecular weight is 454 g/mol. The second kappa shape index (κ2) is 9.53. The predicted molar refractivity (Wildman–Crippen MR) is 127 cm³/mol. The molecule has 0 aliphatic rings. The van der Waals surface area contributed by atoms with Crippen LogP contribution in [-0.2, 0) is 30.8 Å². The van der Waals surface area contributed by atoms with Crippen molar-refractivity contribution in [1.29, 1.82) is 0 Å². The summed E-state index contributed by atoms with van der Waals surface area (Å²) in [7, 11) is 0. The lowest BCUT2D eigenvalue weighted by Gasteiger charge is -2.10. The van der Waals surface area contributed by atoms with E-state index in [1.807, 2.05) is 52.1 Å². The van der Waals surface area contributed by atoms with E-state index in [0.717, 1.165) is 28.6 Å². The third kappa shape index (κ3) is 4.93. The topological polar surface area (TPSA) is 111 Å². The molecule has 0 fully saturated rings. The summed E-state index contributed by atoms with van der Waals surface area (Å²) in [6, 6.07) is 17.8. The Morgan fingerprint density at radius 2 is 1.65 bits per heavy atom. The lowest BCUT2D eigenvalue weighted by Crippen LogP contribution is -2.08. The highest BCUT2D eigenvalue weighted by atomic mass is 16.4. The molecule has 0 unspecified atom stereocenters. The molecule has 2 N–H and O–H groups in total. The molecule has 2 aromatic carbocycles. The van der Waals surface area contributed by atoms with Crippen molar-refractivity contribution in [3.8, 4) is 0 Å². The third-order valence-electron chi connectivity index (χ3n) is 5.54. The second-order valence-corrected chi connectivity index (χ2v) is 8.00. The molecule has 34 heavy (non-hydrogen) atoms. The van der Waals surface area contributed by atoms with Crippen molar-refractivity contribution in [2.24, 2.45) is 0 Å². The van der Waals surface area contributed by atoms with Crippen molar-refractivity contribution in [2.45, 2.75) is 26.1 Å². The maximum absolute atomic E-state index is 11.2. The number of rotatable bonds is 9. The summed E-state index contributed by atoms with van der Waals surface area (Å²) in [5.41, 5.74) is 4.60. The van der Waals surface area contributed by atoms with Crippen LogP contribution in [0.15, 0.2) is 79.5 Å². The zero-order chi connectivity index (χ0) is 23.3. The lowest BCUT2D eigenvalue weighted by molar-refractivity contribution is -0.136. The lowest BCUT2D eigenvalue weighted by atomic mass is 10.0. The number of benzene rings is 2. The summed E-state index contributed by atoms with van der Waals surface area (Å²) in [6.07, 6.45) is 7.11. The molecule has 170 valence electrons. The Labute approximate surface area is 195 Å². The third-order valence-corrected chi connectivity index (χ3v) is 5.54. The van der Waals surface area contributed by atoms with Gasteiger partial charge in [0.25, 0.3) is 0 Å². The van der Waals surface area contributed by atoms with Gasteiger partial charge in [0.2, 0.25) is 0 Å². The summed E-state index contributed by atoms with van der Waals surface area (Å²) in [5, 5.41) is 22.1. The van der Waals surface area contributed by atoms with Gasteiger partial charge in [0.05, 0.1) is 24.9 Å². The van der Waals surface area contributed by atoms with Crippen molar-refractivity contribution in [3.63, 3.8) is 0 Å². The Morgan fingerprint density at radius 1 is 0.912 bits per heavy atom. The number of aromatic nitrogens is 6. The molecule has 0 spiro atoms. The van der Waals surface area contributed by atoms with Gasteiger partial charge in [-0.25, -0.2) is 9.97 Å². The van der Waals surface area contributed by atoms with Crippen LogP contribution in [0.2, 0.25) is 0 Å². The fourth-order valence-corrected chi connectivity index (χ4v) is 3.87. The monoisotopic (exact) mass is 453 g/mol. The van der Waals surface area contributed by atoms with Crippen LogP contribution in [0.3, 0.4) is 0 Å². The predicted octanol–water partition coefficient (Wildman–Crippen LogP) is 3.36. The highest BCUT2D eigenvalue weighted by Gasteiger charge is 2.11. The van der Waals surface area contributed by atoms with Crippen LogP contribution >= 0.6 is 0 Å². The fourth-order valence-electron chi connectivity index (χ4n) is 3.87. The van der Waals surface area contributed by atoms with Gasteiger partial charge in [-0.3, -0.25) is 14.2 Å². The molecule has 0 atom stereocenters. The fraction of sp³-hybridized carbons (Fsp3) is 0.160. The van der Waals surface area contributed by atoms with Crippen LogP contribution in [0, 0.1) is 0 Å². The molecule has 0 amide bonds. The zero-order valence-corrected chi connectivity index (χ0v) is 18.4. The number of carboxylic acids is 1. The maximum atomic E-state index is 11.2. The van der Waals surface area contributed by atoms with Gasteiger partial charge in [0.1, 0.15) is 12.1 Å². The van der Waals surface area contributed by atoms with Crippen LogP contribution in [0.25, 0.3) is 11.0 Å². The van der Waals surface area contributed by atoms with Gasteiger partial charge in [-0.1, -0.05) is 48.5 Å². The number of aliphatic carboxylic acids is 1. The summed E-state index contributed by atoms with van der Waals surface area (Å²) in [5.74, 6) is -0.191. The number of carboxylic acid groups (broad SMARTS) is 1. The second-order valence-electron chi connectivity index (χ2n) is 8.00. The number of fused-ring (bicyclic) bond motifs is 1. The van der Waals surface area contributed by atoms with Crippen LogP contribution in [-0.4, -0.2) is 40.6 Å². The minimum Gasteiger partial charge on any atom is -0.481 e. The molecule has 5 rings (SSSR count). The first kappa shape index (κ1) is 21.3. The summed E-state index contributed by atoms with van der Waals surface area (Å²) >= 11 is 0. The van der Waals surface area contributed by atoms with Gasteiger partial charge in [-0.2, -0.15) is 10.2 Å². The van der Waals surface area contributed by atoms with Crippen molar-refractivity contribution < 1.29 is 9.90 Å². The Kier molecular flexibility index (Phi) is 5.98. The van der Waals surface area contributed by atoms with E-state index in [-0.39, 0.29) is 6.42 Å². The van der Waals surface area contributed by atoms with E-state index in [1.54, 1.807) is 6.20 Å². The first-order valence-electron chi connectivity index (χ1n) is 10.9. The molecule has 0 saturated carbocycles. The smallest absolute Gasteiger partial charge is 0.307 e. The molecule has 9 heteroatoms. The Bertz CT molecular complexity index is 1410. The number of nitrogens with zero attached hydrogens (tertiary/aromatic N) is 6. The SMILES string of the molecule is O=C(O)Cc1ccccc1CNc1ncnc2nn(Cc3ccc(Cn4cccn4)cc3)cc12. The molecule has 5 aromatic rings. The molecule has 0 radical (unpaired) electrons. The molecule has 9 nitrogen and oxygen atoms in total. The molecule has 0 bridgehead atoms. The largest absolute Gasteiger partial charge is 0.481 e. The van der Waals surface area contributed by atoms with Crippen LogP contribution in [0.5, 0.6) is 0 Å². The number of anilines is 1. The van der Waals surface area contributed by atoms with E-state index in [0.29, 0.717) is 24.6 Å². The van der Waals surface area contributed by atoms with Gasteiger partial charge in [0.15, 0.2) is 5.65 Å². The van der Waals surface area contributed by atoms with E-state index < -0.39 is 5.97 Å². The Balaban J connectivity index is 1.30. The van der Waals surface area contributed by atoms with Gasteiger partial charge in [-0.05, 0) is 28.3 Å². The number of hydrogen-bond donors (Lipinski definition) is 2. The van der Waals surface area contributed by atoms with Gasteiger partial charge in [-0.15, -0.1) is 0 Å². The Morgan fingerprint density at radius 3 is 2.35 bits per heavy atom. The number of hydrogen-bond acceptors (Lipinski definition) is 6. The van der Waals surface area contributed by atoms with Crippen LogP contribution < -0.4 is 5.32 Å². The van der Waals surface area contributed by atoms with Crippen LogP contribution in [0.4, 0.5) is 5.82 Å². The highest BCUT2D eigenvalue weighted by Crippen LogP contribution is 2.20. The van der Waals surface area contributed by atoms with Crippen molar-refractivity contribution in [2.75, 3.05) is 5.32 Å². The minimum absolute atomic E-state index is 0.0182. The summed E-state index contributed by atoms with van der Waals surface area (Å²) in [4.78, 5) is 19.8. The summed E-state index contributed by atoms with van der Waals surface area (Å²) in [6.45, 7) is 1.80. The minimum atomic E-state index is -0.854. The average Bonchev–Trinajstić information content (AvgIpc) is 3.49. The normalized spacial score (nSPS) is 11.1. The summed E-state index contributed by atoms with van der Waals surface area (Å²) < 4.78 is 3.74. The highest BCUT2D eigenvalue weighted by molar-refractivity contribution is 5.85.